The molecule has 0 aliphatic heterocycles. The average Bonchev–Trinajstić information content (AvgIpc) is 3.30. The first-order valence-electron chi connectivity index (χ1n) is 26.2. The van der Waals surface area contributed by atoms with Crippen LogP contribution in [0, 0.1) is 0 Å². The number of carbonyl (C=O) groups is 3. The summed E-state index contributed by atoms with van der Waals surface area (Å²) in [6, 6.07) is 0. The van der Waals surface area contributed by atoms with Gasteiger partial charge in [-0.2, -0.15) is 0 Å². The van der Waals surface area contributed by atoms with Crippen LogP contribution in [0.15, 0.2) is 122 Å². The monoisotopic (exact) mass is 899 g/mol. The zero-order valence-corrected chi connectivity index (χ0v) is 41.7. The highest BCUT2D eigenvalue weighted by Gasteiger charge is 2.19. The predicted molar refractivity (Wildman–Crippen MR) is 279 cm³/mol. The highest BCUT2D eigenvalue weighted by molar-refractivity contribution is 5.71. The summed E-state index contributed by atoms with van der Waals surface area (Å²) in [4.78, 5) is 38.0. The van der Waals surface area contributed by atoms with Gasteiger partial charge in [-0.25, -0.2) is 0 Å². The number of allylic oxidation sites excluding steroid dienone is 20. The molecule has 0 amide bonds. The summed E-state index contributed by atoms with van der Waals surface area (Å²) >= 11 is 0. The fraction of sp³-hybridized carbons (Fsp3) is 0.610. The molecule has 1 unspecified atom stereocenters. The van der Waals surface area contributed by atoms with Crippen molar-refractivity contribution in [2.24, 2.45) is 0 Å². The van der Waals surface area contributed by atoms with Crippen LogP contribution in [0.5, 0.6) is 0 Å². The highest BCUT2D eigenvalue weighted by atomic mass is 16.6. The van der Waals surface area contributed by atoms with E-state index in [1.54, 1.807) is 0 Å². The molecule has 0 aromatic rings. The lowest BCUT2D eigenvalue weighted by atomic mass is 10.1. The maximum absolute atomic E-state index is 12.8. The molecule has 0 radical (unpaired) electrons. The van der Waals surface area contributed by atoms with E-state index < -0.39 is 6.10 Å². The first-order valence-corrected chi connectivity index (χ1v) is 26.2. The van der Waals surface area contributed by atoms with E-state index in [0.717, 1.165) is 83.5 Å². The molecule has 0 saturated carbocycles. The van der Waals surface area contributed by atoms with Crippen LogP contribution in [0.4, 0.5) is 0 Å². The zero-order chi connectivity index (χ0) is 47.2. The Morgan fingerprint density at radius 1 is 0.323 bits per heavy atom. The molecule has 0 heterocycles. The van der Waals surface area contributed by atoms with Crippen LogP contribution in [0.25, 0.3) is 0 Å². The van der Waals surface area contributed by atoms with Crippen molar-refractivity contribution < 1.29 is 28.6 Å². The van der Waals surface area contributed by atoms with Crippen LogP contribution in [-0.2, 0) is 28.6 Å². The largest absolute Gasteiger partial charge is 0.462 e. The zero-order valence-electron chi connectivity index (χ0n) is 41.7. The number of hydrogen-bond acceptors (Lipinski definition) is 6. The van der Waals surface area contributed by atoms with Crippen molar-refractivity contribution in [2.75, 3.05) is 13.2 Å². The molecular weight excluding hydrogens is 805 g/mol. The van der Waals surface area contributed by atoms with Crippen LogP contribution in [-0.4, -0.2) is 37.2 Å². The lowest BCUT2D eigenvalue weighted by molar-refractivity contribution is -0.167. The van der Waals surface area contributed by atoms with Crippen LogP contribution < -0.4 is 0 Å². The summed E-state index contributed by atoms with van der Waals surface area (Å²) in [6.45, 7) is 6.35. The molecule has 6 nitrogen and oxygen atoms in total. The Bertz CT molecular complexity index is 1400. The minimum absolute atomic E-state index is 0.112. The van der Waals surface area contributed by atoms with Crippen molar-refractivity contribution in [3.8, 4) is 0 Å². The van der Waals surface area contributed by atoms with Gasteiger partial charge in [-0.1, -0.05) is 232 Å². The lowest BCUT2D eigenvalue weighted by Gasteiger charge is -2.18. The number of carbonyl (C=O) groups excluding carboxylic acids is 3. The standard InChI is InChI=1S/C59H94O6/c1-4-7-10-13-16-19-22-24-26-28-29-31-32-34-37-40-43-46-49-52-58(61)64-55-56(54-63-57(60)51-48-45-42-39-36-21-18-15-12-9-6-3)65-59(62)53-50-47-44-41-38-35-33-30-27-25-23-20-17-14-11-8-5-2/h7,10,13,15-16,18-19,21-22,24-29,31-32,34,36-37,56H,4-6,8-9,11-12,14,17,20,23,30,33,35,38-55H2,1-3H3/b10-7-,16-13-,18-15-,22-19-,26-24-,27-25-,29-28+,32-31-,36-21-,37-34-. The van der Waals surface area contributed by atoms with Crippen molar-refractivity contribution >= 4 is 17.9 Å². The highest BCUT2D eigenvalue weighted by Crippen LogP contribution is 2.13. The van der Waals surface area contributed by atoms with Gasteiger partial charge in [-0.15, -0.1) is 0 Å². The van der Waals surface area contributed by atoms with Gasteiger partial charge < -0.3 is 14.2 Å². The molecule has 0 saturated heterocycles. The number of ether oxygens (including phenoxy) is 3. The maximum Gasteiger partial charge on any atom is 0.306 e. The Morgan fingerprint density at radius 3 is 1.06 bits per heavy atom. The Hall–Kier alpha value is -4.19. The molecule has 366 valence electrons. The number of unbranched alkanes of at least 4 members (excludes halogenated alkanes) is 21. The van der Waals surface area contributed by atoms with E-state index in [9.17, 15) is 14.4 Å². The molecule has 0 aliphatic rings. The van der Waals surface area contributed by atoms with E-state index in [2.05, 4.69) is 69.4 Å². The van der Waals surface area contributed by atoms with Crippen molar-refractivity contribution in [2.45, 2.75) is 219 Å². The quantitative estimate of drug-likeness (QED) is 0.0199. The molecule has 0 bridgehead atoms. The van der Waals surface area contributed by atoms with Gasteiger partial charge in [0.05, 0.1) is 0 Å². The molecule has 0 aliphatic carbocycles. The Kier molecular flexibility index (Phi) is 49.1. The third-order valence-corrected chi connectivity index (χ3v) is 10.6. The van der Waals surface area contributed by atoms with E-state index in [4.69, 9.17) is 14.2 Å². The SMILES string of the molecule is CC\C=C/C=C\C=C/C=C\C=C\C=C/C=C\CCCCCC(=O)OCC(COC(=O)CCCCC/C=C\C=C/CCCC)OC(=O)CCCCCCCCC/C=C\CCCCCCCC. The Labute approximate surface area is 399 Å². The second-order valence-corrected chi connectivity index (χ2v) is 16.9. The van der Waals surface area contributed by atoms with Crippen molar-refractivity contribution in [3.63, 3.8) is 0 Å². The van der Waals surface area contributed by atoms with Gasteiger partial charge >= 0.3 is 17.9 Å². The topological polar surface area (TPSA) is 78.9 Å². The number of hydrogen-bond donors (Lipinski definition) is 0. The molecule has 1 atom stereocenters. The van der Waals surface area contributed by atoms with Crippen molar-refractivity contribution in [1.29, 1.82) is 0 Å². The molecule has 65 heavy (non-hydrogen) atoms. The first-order chi connectivity index (χ1) is 32.0. The van der Waals surface area contributed by atoms with E-state index in [1.807, 2.05) is 72.9 Å². The molecule has 6 heteroatoms. The van der Waals surface area contributed by atoms with Crippen LogP contribution >= 0.6 is 0 Å². The molecule has 0 fully saturated rings. The second kappa shape index (κ2) is 52.4. The fourth-order valence-corrected chi connectivity index (χ4v) is 6.69. The van der Waals surface area contributed by atoms with Crippen LogP contribution in [0.1, 0.15) is 213 Å². The molecule has 0 aromatic heterocycles. The van der Waals surface area contributed by atoms with Gasteiger partial charge in [0.25, 0.3) is 0 Å². The lowest BCUT2D eigenvalue weighted by Crippen LogP contribution is -2.30. The van der Waals surface area contributed by atoms with E-state index in [0.29, 0.717) is 19.3 Å². The summed E-state index contributed by atoms with van der Waals surface area (Å²) in [6.07, 6.45) is 71.8. The van der Waals surface area contributed by atoms with Gasteiger partial charge in [0, 0.05) is 19.3 Å². The van der Waals surface area contributed by atoms with Gasteiger partial charge in [-0.05, 0) is 83.5 Å². The Balaban J connectivity index is 4.52. The predicted octanol–water partition coefficient (Wildman–Crippen LogP) is 17.3. The Morgan fingerprint density at radius 2 is 0.631 bits per heavy atom. The van der Waals surface area contributed by atoms with Gasteiger partial charge in [0.15, 0.2) is 6.10 Å². The minimum atomic E-state index is -0.813. The summed E-state index contributed by atoms with van der Waals surface area (Å²) in [7, 11) is 0. The normalized spacial score (nSPS) is 13.1. The van der Waals surface area contributed by atoms with E-state index in [1.165, 1.54) is 89.9 Å². The van der Waals surface area contributed by atoms with Crippen LogP contribution in [0.3, 0.4) is 0 Å². The van der Waals surface area contributed by atoms with Gasteiger partial charge in [0.2, 0.25) is 0 Å². The summed E-state index contributed by atoms with van der Waals surface area (Å²) in [5, 5.41) is 0. The van der Waals surface area contributed by atoms with E-state index >= 15 is 0 Å². The maximum atomic E-state index is 12.8. The van der Waals surface area contributed by atoms with Gasteiger partial charge in [-0.3, -0.25) is 14.4 Å². The van der Waals surface area contributed by atoms with Crippen molar-refractivity contribution in [1.82, 2.24) is 0 Å². The molecule has 0 aromatic carbocycles. The fourth-order valence-electron chi connectivity index (χ4n) is 6.69. The molecule has 0 rings (SSSR count). The number of rotatable bonds is 45. The third-order valence-electron chi connectivity index (χ3n) is 10.6. The summed E-state index contributed by atoms with van der Waals surface area (Å²) in [5.41, 5.74) is 0. The smallest absolute Gasteiger partial charge is 0.306 e. The van der Waals surface area contributed by atoms with E-state index in [-0.39, 0.29) is 31.1 Å². The van der Waals surface area contributed by atoms with Crippen molar-refractivity contribution in [3.05, 3.63) is 122 Å². The molecular formula is C59H94O6. The number of esters is 3. The first kappa shape index (κ1) is 60.8. The third kappa shape index (κ3) is 50.7. The molecule has 0 spiro atoms. The van der Waals surface area contributed by atoms with Crippen LogP contribution in [0.2, 0.25) is 0 Å². The molecule has 0 N–H and O–H groups in total. The summed E-state index contributed by atoms with van der Waals surface area (Å²) in [5.74, 6) is -0.995. The van der Waals surface area contributed by atoms with Gasteiger partial charge in [0.1, 0.15) is 13.2 Å². The average molecular weight is 899 g/mol. The minimum Gasteiger partial charge on any atom is -0.462 e. The summed E-state index contributed by atoms with van der Waals surface area (Å²) < 4.78 is 16.7. The second-order valence-electron chi connectivity index (χ2n) is 16.9.